The SMILES string of the molecule is Cc1ccc(Sc2ccc(/C=C(/C#N)C(=O)NC3CCCC3)o2)cc1. The van der Waals surface area contributed by atoms with Crippen LogP contribution in [0.5, 0.6) is 0 Å². The Morgan fingerprint density at radius 3 is 2.64 bits per heavy atom. The lowest BCUT2D eigenvalue weighted by Gasteiger charge is -2.10. The zero-order chi connectivity index (χ0) is 17.6. The molecule has 1 saturated carbocycles. The van der Waals surface area contributed by atoms with Crippen LogP contribution in [0, 0.1) is 18.3 Å². The van der Waals surface area contributed by atoms with Crippen LogP contribution in [0.4, 0.5) is 0 Å². The molecular formula is C20H20N2O2S. The average molecular weight is 352 g/mol. The molecule has 0 unspecified atom stereocenters. The molecule has 2 aromatic rings. The van der Waals surface area contributed by atoms with E-state index in [2.05, 4.69) is 5.32 Å². The van der Waals surface area contributed by atoms with E-state index in [-0.39, 0.29) is 17.5 Å². The van der Waals surface area contributed by atoms with E-state index in [0.29, 0.717) is 5.76 Å². The second-order valence-corrected chi connectivity index (χ2v) is 7.27. The maximum absolute atomic E-state index is 12.2. The highest BCUT2D eigenvalue weighted by Gasteiger charge is 2.19. The highest BCUT2D eigenvalue weighted by atomic mass is 32.2. The number of carbonyl (C=O) groups is 1. The summed E-state index contributed by atoms with van der Waals surface area (Å²) in [6.07, 6.45) is 5.75. The van der Waals surface area contributed by atoms with Gasteiger partial charge in [-0.2, -0.15) is 5.26 Å². The largest absolute Gasteiger partial charge is 0.450 e. The zero-order valence-corrected chi connectivity index (χ0v) is 14.9. The van der Waals surface area contributed by atoms with Crippen LogP contribution in [-0.4, -0.2) is 11.9 Å². The molecule has 1 N–H and O–H groups in total. The van der Waals surface area contributed by atoms with Crippen molar-refractivity contribution in [1.29, 1.82) is 5.26 Å². The number of nitrogens with zero attached hydrogens (tertiary/aromatic N) is 1. The molecule has 0 radical (unpaired) electrons. The van der Waals surface area contributed by atoms with Gasteiger partial charge in [-0.25, -0.2) is 0 Å². The molecule has 0 aliphatic heterocycles. The lowest BCUT2D eigenvalue weighted by atomic mass is 10.2. The predicted molar refractivity (Wildman–Crippen MR) is 98.0 cm³/mol. The molecule has 4 nitrogen and oxygen atoms in total. The van der Waals surface area contributed by atoms with Gasteiger partial charge in [0.25, 0.3) is 5.91 Å². The Kier molecular flexibility index (Phi) is 5.62. The molecule has 25 heavy (non-hydrogen) atoms. The lowest BCUT2D eigenvalue weighted by molar-refractivity contribution is -0.117. The first-order valence-corrected chi connectivity index (χ1v) is 9.23. The van der Waals surface area contributed by atoms with E-state index in [4.69, 9.17) is 4.42 Å². The van der Waals surface area contributed by atoms with Gasteiger partial charge >= 0.3 is 0 Å². The quantitative estimate of drug-likeness (QED) is 0.625. The van der Waals surface area contributed by atoms with Gasteiger partial charge in [-0.1, -0.05) is 42.3 Å². The Balaban J connectivity index is 1.67. The molecule has 0 atom stereocenters. The minimum atomic E-state index is -0.321. The first-order valence-electron chi connectivity index (χ1n) is 8.41. The minimum absolute atomic E-state index is 0.0770. The molecule has 0 bridgehead atoms. The third kappa shape index (κ3) is 4.77. The number of carbonyl (C=O) groups excluding carboxylic acids is 1. The van der Waals surface area contributed by atoms with Crippen molar-refractivity contribution in [3.05, 3.63) is 53.3 Å². The molecule has 1 amide bonds. The molecule has 128 valence electrons. The second-order valence-electron chi connectivity index (χ2n) is 6.20. The molecule has 0 spiro atoms. The van der Waals surface area contributed by atoms with Crippen LogP contribution in [0.2, 0.25) is 0 Å². The van der Waals surface area contributed by atoms with Crippen LogP contribution in [-0.2, 0) is 4.79 Å². The van der Waals surface area contributed by atoms with Crippen LogP contribution < -0.4 is 5.32 Å². The van der Waals surface area contributed by atoms with E-state index in [1.165, 1.54) is 23.4 Å². The van der Waals surface area contributed by atoms with Gasteiger partial charge in [0.1, 0.15) is 17.4 Å². The number of nitriles is 1. The fourth-order valence-corrected chi connectivity index (χ4v) is 3.59. The van der Waals surface area contributed by atoms with Gasteiger partial charge in [-0.3, -0.25) is 4.79 Å². The summed E-state index contributed by atoms with van der Waals surface area (Å²) in [4.78, 5) is 13.3. The maximum Gasteiger partial charge on any atom is 0.262 e. The summed E-state index contributed by atoms with van der Waals surface area (Å²) in [6.45, 7) is 2.05. The Bertz CT molecular complexity index is 809. The lowest BCUT2D eigenvalue weighted by Crippen LogP contribution is -2.33. The van der Waals surface area contributed by atoms with Crippen molar-refractivity contribution in [2.75, 3.05) is 0 Å². The third-order valence-electron chi connectivity index (χ3n) is 4.18. The maximum atomic E-state index is 12.2. The number of furan rings is 1. The van der Waals surface area contributed by atoms with E-state index in [0.717, 1.165) is 35.7 Å². The van der Waals surface area contributed by atoms with Gasteiger partial charge in [0.05, 0.1) is 0 Å². The second kappa shape index (κ2) is 8.09. The van der Waals surface area contributed by atoms with E-state index < -0.39 is 0 Å². The highest BCUT2D eigenvalue weighted by molar-refractivity contribution is 7.99. The molecule has 3 rings (SSSR count). The molecule has 1 heterocycles. The van der Waals surface area contributed by atoms with Crippen molar-refractivity contribution in [2.24, 2.45) is 0 Å². The monoisotopic (exact) mass is 352 g/mol. The Hall–Kier alpha value is -2.45. The summed E-state index contributed by atoms with van der Waals surface area (Å²) in [5, 5.41) is 12.9. The van der Waals surface area contributed by atoms with Crippen LogP contribution >= 0.6 is 11.8 Å². The molecule has 1 fully saturated rings. The number of amides is 1. The number of nitrogens with one attached hydrogen (secondary N) is 1. The standard InChI is InChI=1S/C20H20N2O2S/c1-14-6-9-18(10-7-14)25-19-11-8-17(24-19)12-15(13-21)20(23)22-16-4-2-3-5-16/h6-12,16H,2-5H2,1H3,(H,22,23)/b15-12-. The number of benzene rings is 1. The van der Waals surface area contributed by atoms with Gasteiger partial charge < -0.3 is 9.73 Å². The number of hydrogen-bond acceptors (Lipinski definition) is 4. The van der Waals surface area contributed by atoms with E-state index in [1.807, 2.05) is 43.3 Å². The summed E-state index contributed by atoms with van der Waals surface area (Å²) >= 11 is 1.51. The zero-order valence-electron chi connectivity index (χ0n) is 14.1. The fourth-order valence-electron chi connectivity index (χ4n) is 2.81. The van der Waals surface area contributed by atoms with Gasteiger partial charge in [-0.05, 0) is 44.0 Å². The number of aryl methyl sites for hydroxylation is 1. The predicted octanol–water partition coefficient (Wildman–Crippen LogP) is 4.71. The summed E-state index contributed by atoms with van der Waals surface area (Å²) in [5.74, 6) is 0.186. The first kappa shape index (κ1) is 17.4. The summed E-state index contributed by atoms with van der Waals surface area (Å²) in [7, 11) is 0. The van der Waals surface area contributed by atoms with Crippen LogP contribution in [0.1, 0.15) is 37.0 Å². The van der Waals surface area contributed by atoms with Gasteiger partial charge in [0.2, 0.25) is 0 Å². The molecule has 0 saturated heterocycles. The highest BCUT2D eigenvalue weighted by Crippen LogP contribution is 2.30. The molecule has 5 heteroatoms. The normalized spacial score (nSPS) is 15.1. The van der Waals surface area contributed by atoms with Crippen LogP contribution in [0.25, 0.3) is 6.08 Å². The Morgan fingerprint density at radius 2 is 1.96 bits per heavy atom. The first-order chi connectivity index (χ1) is 12.1. The van der Waals surface area contributed by atoms with Crippen LogP contribution in [0.15, 0.2) is 56.4 Å². The van der Waals surface area contributed by atoms with E-state index in [9.17, 15) is 10.1 Å². The number of rotatable bonds is 5. The van der Waals surface area contributed by atoms with Gasteiger partial charge in [0.15, 0.2) is 5.09 Å². The van der Waals surface area contributed by atoms with Gasteiger partial charge in [-0.15, -0.1) is 0 Å². The molecule has 1 aromatic heterocycles. The summed E-state index contributed by atoms with van der Waals surface area (Å²) < 4.78 is 5.73. The molecule has 1 aliphatic carbocycles. The Morgan fingerprint density at radius 1 is 1.24 bits per heavy atom. The third-order valence-corrected chi connectivity index (χ3v) is 5.11. The van der Waals surface area contributed by atoms with Crippen molar-refractivity contribution in [3.8, 4) is 6.07 Å². The minimum Gasteiger partial charge on any atom is -0.450 e. The smallest absolute Gasteiger partial charge is 0.262 e. The summed E-state index contributed by atoms with van der Waals surface area (Å²) in [5.41, 5.74) is 1.28. The summed E-state index contributed by atoms with van der Waals surface area (Å²) in [6, 6.07) is 14.0. The van der Waals surface area contributed by atoms with Crippen molar-refractivity contribution in [3.63, 3.8) is 0 Å². The topological polar surface area (TPSA) is 66.0 Å². The van der Waals surface area contributed by atoms with Crippen molar-refractivity contribution < 1.29 is 9.21 Å². The van der Waals surface area contributed by atoms with Crippen molar-refractivity contribution >= 4 is 23.7 Å². The van der Waals surface area contributed by atoms with E-state index >= 15 is 0 Å². The van der Waals surface area contributed by atoms with Gasteiger partial charge in [0, 0.05) is 17.0 Å². The number of hydrogen-bond donors (Lipinski definition) is 1. The van der Waals surface area contributed by atoms with Crippen molar-refractivity contribution in [1.82, 2.24) is 5.32 Å². The average Bonchev–Trinajstić information content (AvgIpc) is 3.26. The van der Waals surface area contributed by atoms with E-state index in [1.54, 1.807) is 6.07 Å². The van der Waals surface area contributed by atoms with Crippen molar-refractivity contribution in [2.45, 2.75) is 48.6 Å². The molecule has 1 aromatic carbocycles. The molecular weight excluding hydrogens is 332 g/mol. The van der Waals surface area contributed by atoms with Crippen LogP contribution in [0.3, 0.4) is 0 Å². The molecule has 1 aliphatic rings. The fraction of sp³-hybridized carbons (Fsp3) is 0.300. The Labute approximate surface area is 151 Å².